The second-order valence-corrected chi connectivity index (χ2v) is 4.89. The first-order valence-electron chi connectivity index (χ1n) is 4.37. The van der Waals surface area contributed by atoms with E-state index in [0.29, 0.717) is 0 Å². The number of pyridine rings is 1. The first-order valence-corrected chi connectivity index (χ1v) is 5.91. The molecule has 0 spiro atoms. The van der Waals surface area contributed by atoms with Crippen LogP contribution in [0.4, 0.5) is 0 Å². The number of aromatic nitrogens is 1. The first kappa shape index (κ1) is 12.9. The van der Waals surface area contributed by atoms with E-state index in [1.165, 1.54) is 6.07 Å². The molecule has 86 valence electrons. The van der Waals surface area contributed by atoms with E-state index in [4.69, 9.17) is 5.14 Å². The Labute approximate surface area is 100.0 Å². The molecule has 0 saturated heterocycles. The summed E-state index contributed by atoms with van der Waals surface area (Å²) in [6.45, 7) is 1.87. The van der Waals surface area contributed by atoms with E-state index in [1.807, 2.05) is 6.92 Å². The Morgan fingerprint density at radius 1 is 1.25 bits per heavy atom. The Bertz CT molecular complexity index is 626. The van der Waals surface area contributed by atoms with Crippen molar-refractivity contribution in [2.45, 2.75) is 11.8 Å². The number of benzene rings is 1. The number of nitrogens with two attached hydrogens (primary N) is 1. The predicted molar refractivity (Wildman–Crippen MR) is 65.1 cm³/mol. The summed E-state index contributed by atoms with van der Waals surface area (Å²) >= 11 is 0. The Morgan fingerprint density at radius 3 is 2.56 bits per heavy atom. The minimum absolute atomic E-state index is 0. The summed E-state index contributed by atoms with van der Waals surface area (Å²) in [5.74, 6) is 0. The van der Waals surface area contributed by atoms with E-state index in [0.717, 1.165) is 16.5 Å². The number of aryl methyl sites for hydroxylation is 1. The molecule has 0 bridgehead atoms. The van der Waals surface area contributed by atoms with Gasteiger partial charge < -0.3 is 0 Å². The van der Waals surface area contributed by atoms with Crippen molar-refractivity contribution in [2.75, 3.05) is 0 Å². The predicted octanol–water partition coefficient (Wildman–Crippen LogP) is 1.61. The van der Waals surface area contributed by atoms with Gasteiger partial charge in [-0.1, -0.05) is 6.07 Å². The van der Waals surface area contributed by atoms with Crippen LogP contribution in [0.3, 0.4) is 0 Å². The highest BCUT2D eigenvalue weighted by molar-refractivity contribution is 7.89. The van der Waals surface area contributed by atoms with Gasteiger partial charge in [-0.15, -0.1) is 12.4 Å². The topological polar surface area (TPSA) is 73.0 Å². The van der Waals surface area contributed by atoms with Gasteiger partial charge in [0.15, 0.2) is 0 Å². The molecule has 0 saturated carbocycles. The molecule has 2 rings (SSSR count). The number of sulfonamides is 1. The van der Waals surface area contributed by atoms with Gasteiger partial charge in [-0.3, -0.25) is 4.98 Å². The molecule has 0 atom stereocenters. The fourth-order valence-electron chi connectivity index (χ4n) is 1.48. The van der Waals surface area contributed by atoms with Crippen molar-refractivity contribution in [1.82, 2.24) is 4.98 Å². The third-order valence-electron chi connectivity index (χ3n) is 2.26. The minimum atomic E-state index is -3.63. The second kappa shape index (κ2) is 4.37. The van der Waals surface area contributed by atoms with Crippen molar-refractivity contribution >= 4 is 33.2 Å². The highest BCUT2D eigenvalue weighted by atomic mass is 35.5. The summed E-state index contributed by atoms with van der Waals surface area (Å²) in [6, 6.07) is 6.53. The number of halogens is 1. The molecule has 0 radical (unpaired) electrons. The van der Waals surface area contributed by atoms with Crippen LogP contribution in [0, 0.1) is 6.92 Å². The van der Waals surface area contributed by atoms with Gasteiger partial charge in [0.2, 0.25) is 10.0 Å². The third-order valence-corrected chi connectivity index (χ3v) is 3.17. The number of nitrogens with zero attached hydrogens (tertiary/aromatic N) is 1. The quantitative estimate of drug-likeness (QED) is 0.845. The minimum Gasteiger partial charge on any atom is -0.261 e. The zero-order valence-electron chi connectivity index (χ0n) is 8.54. The summed E-state index contributed by atoms with van der Waals surface area (Å²) < 4.78 is 22.2. The van der Waals surface area contributed by atoms with Crippen molar-refractivity contribution < 1.29 is 8.42 Å². The van der Waals surface area contributed by atoms with E-state index in [2.05, 4.69) is 4.98 Å². The van der Waals surface area contributed by atoms with Crippen LogP contribution in [0.5, 0.6) is 0 Å². The van der Waals surface area contributed by atoms with Crippen LogP contribution in [0.2, 0.25) is 0 Å². The standard InChI is InChI=1S/C10H10N2O2S.ClH/c1-7-10-3-2-9(15(11,13)14)6-8(10)4-5-12-7;/h2-6H,1H3,(H2,11,13,14);1H. The monoisotopic (exact) mass is 258 g/mol. The molecular weight excluding hydrogens is 248 g/mol. The van der Waals surface area contributed by atoms with Crippen LogP contribution in [-0.4, -0.2) is 13.4 Å². The third kappa shape index (κ3) is 2.32. The van der Waals surface area contributed by atoms with Gasteiger partial charge in [0.05, 0.1) is 4.90 Å². The molecule has 1 heterocycles. The van der Waals surface area contributed by atoms with Crippen LogP contribution in [0.15, 0.2) is 35.4 Å². The van der Waals surface area contributed by atoms with Crippen molar-refractivity contribution in [3.63, 3.8) is 0 Å². The Morgan fingerprint density at radius 2 is 1.94 bits per heavy atom. The normalized spacial score (nSPS) is 11.1. The summed E-state index contributed by atoms with van der Waals surface area (Å²) in [7, 11) is -3.63. The van der Waals surface area contributed by atoms with Gasteiger partial charge in [0.1, 0.15) is 0 Å². The average Bonchev–Trinajstić information content (AvgIpc) is 2.16. The van der Waals surface area contributed by atoms with Gasteiger partial charge in [0, 0.05) is 17.3 Å². The number of primary sulfonamides is 1. The molecule has 1 aromatic heterocycles. The fraction of sp³-hybridized carbons (Fsp3) is 0.100. The van der Waals surface area contributed by atoms with E-state index in [-0.39, 0.29) is 17.3 Å². The maximum atomic E-state index is 11.1. The molecule has 0 fully saturated rings. The van der Waals surface area contributed by atoms with Crippen LogP contribution in [0.1, 0.15) is 5.69 Å². The molecule has 0 unspecified atom stereocenters. The fourth-order valence-corrected chi connectivity index (χ4v) is 2.03. The molecule has 2 N–H and O–H groups in total. The number of hydrogen-bond donors (Lipinski definition) is 1. The highest BCUT2D eigenvalue weighted by Crippen LogP contribution is 2.19. The number of fused-ring (bicyclic) bond motifs is 1. The molecule has 1 aromatic carbocycles. The second-order valence-electron chi connectivity index (χ2n) is 3.32. The van der Waals surface area contributed by atoms with Gasteiger partial charge in [-0.25, -0.2) is 13.6 Å². The van der Waals surface area contributed by atoms with Crippen LogP contribution in [0.25, 0.3) is 10.8 Å². The molecule has 16 heavy (non-hydrogen) atoms. The maximum Gasteiger partial charge on any atom is 0.238 e. The molecule has 6 heteroatoms. The van der Waals surface area contributed by atoms with E-state index in [9.17, 15) is 8.42 Å². The molecule has 0 aliphatic rings. The van der Waals surface area contributed by atoms with E-state index in [1.54, 1.807) is 24.4 Å². The maximum absolute atomic E-state index is 11.1. The molecule has 2 aromatic rings. The van der Waals surface area contributed by atoms with Crippen molar-refractivity contribution in [3.05, 3.63) is 36.2 Å². The number of rotatable bonds is 1. The van der Waals surface area contributed by atoms with Crippen molar-refractivity contribution in [3.8, 4) is 0 Å². The summed E-state index contributed by atoms with van der Waals surface area (Å²) in [5, 5.41) is 6.81. The largest absolute Gasteiger partial charge is 0.261 e. The van der Waals surface area contributed by atoms with Gasteiger partial charge >= 0.3 is 0 Å². The van der Waals surface area contributed by atoms with E-state index < -0.39 is 10.0 Å². The number of hydrogen-bond acceptors (Lipinski definition) is 3. The zero-order chi connectivity index (χ0) is 11.1. The Kier molecular flexibility index (Phi) is 3.52. The molecule has 4 nitrogen and oxygen atoms in total. The van der Waals surface area contributed by atoms with Crippen LogP contribution >= 0.6 is 12.4 Å². The first-order chi connectivity index (χ1) is 6.98. The highest BCUT2D eigenvalue weighted by Gasteiger charge is 2.08. The molecule has 0 aliphatic heterocycles. The van der Waals surface area contributed by atoms with Crippen molar-refractivity contribution in [2.24, 2.45) is 5.14 Å². The lowest BCUT2D eigenvalue weighted by Gasteiger charge is -2.03. The average molecular weight is 259 g/mol. The summed E-state index contributed by atoms with van der Waals surface area (Å²) in [6.07, 6.45) is 1.64. The van der Waals surface area contributed by atoms with Crippen LogP contribution in [-0.2, 0) is 10.0 Å². The van der Waals surface area contributed by atoms with Crippen LogP contribution < -0.4 is 5.14 Å². The van der Waals surface area contributed by atoms with Gasteiger partial charge in [-0.2, -0.15) is 0 Å². The lowest BCUT2D eigenvalue weighted by Crippen LogP contribution is -2.11. The Balaban J connectivity index is 0.00000128. The zero-order valence-corrected chi connectivity index (χ0v) is 10.2. The van der Waals surface area contributed by atoms with Gasteiger partial charge in [0.25, 0.3) is 0 Å². The summed E-state index contributed by atoms with van der Waals surface area (Å²) in [5.41, 5.74) is 0.869. The van der Waals surface area contributed by atoms with Gasteiger partial charge in [-0.05, 0) is 30.5 Å². The molecular formula is C10H11ClN2O2S. The Hall–Kier alpha value is -1.17. The lowest BCUT2D eigenvalue weighted by molar-refractivity contribution is 0.598. The SMILES string of the molecule is Cc1nccc2cc(S(N)(=O)=O)ccc12.Cl. The smallest absolute Gasteiger partial charge is 0.238 e. The van der Waals surface area contributed by atoms with Crippen molar-refractivity contribution in [1.29, 1.82) is 0 Å². The summed E-state index contributed by atoms with van der Waals surface area (Å²) in [4.78, 5) is 4.24. The molecule has 0 aliphatic carbocycles. The molecule has 0 amide bonds. The van der Waals surface area contributed by atoms with E-state index >= 15 is 0 Å². The lowest BCUT2D eigenvalue weighted by atomic mass is 10.1.